The number of hydrogen-bond donors (Lipinski definition) is 1. The fourth-order valence-corrected chi connectivity index (χ4v) is 4.83. The van der Waals surface area contributed by atoms with Gasteiger partial charge in [0.2, 0.25) is 6.79 Å². The van der Waals surface area contributed by atoms with Gasteiger partial charge in [-0.3, -0.25) is 0 Å². The maximum absolute atomic E-state index is 5.46. The second kappa shape index (κ2) is 5.34. The van der Waals surface area contributed by atoms with Crippen LogP contribution in [-0.2, 0) is 12.8 Å². The topological polar surface area (TPSA) is 56.3 Å². The molecule has 0 radical (unpaired) electrons. The van der Waals surface area contributed by atoms with Crippen molar-refractivity contribution in [1.29, 1.82) is 0 Å². The van der Waals surface area contributed by atoms with Crippen molar-refractivity contribution in [3.8, 4) is 11.5 Å². The lowest BCUT2D eigenvalue weighted by atomic mass is 9.89. The third-order valence-electron chi connectivity index (χ3n) is 4.73. The van der Waals surface area contributed by atoms with Crippen LogP contribution in [0.2, 0.25) is 0 Å². The van der Waals surface area contributed by atoms with E-state index in [1.807, 2.05) is 29.5 Å². The Morgan fingerprint density at radius 2 is 2.12 bits per heavy atom. The van der Waals surface area contributed by atoms with E-state index in [0.29, 0.717) is 0 Å². The quantitative estimate of drug-likeness (QED) is 0.755. The SMILES string of the molecule is C[C@H]1CCc2c(sc3ncnc(Nc4ccc5c(c4)OCO5)c23)C1. The van der Waals surface area contributed by atoms with Gasteiger partial charge in [0.15, 0.2) is 11.5 Å². The average molecular weight is 339 g/mol. The van der Waals surface area contributed by atoms with E-state index in [2.05, 4.69) is 22.2 Å². The molecule has 0 amide bonds. The van der Waals surface area contributed by atoms with Crippen LogP contribution in [0.3, 0.4) is 0 Å². The summed E-state index contributed by atoms with van der Waals surface area (Å²) >= 11 is 1.81. The van der Waals surface area contributed by atoms with Crippen LogP contribution in [-0.4, -0.2) is 16.8 Å². The van der Waals surface area contributed by atoms with Crippen molar-refractivity contribution in [3.63, 3.8) is 0 Å². The molecule has 1 aromatic carbocycles. The van der Waals surface area contributed by atoms with E-state index in [1.54, 1.807) is 6.33 Å². The van der Waals surface area contributed by atoms with Crippen LogP contribution < -0.4 is 14.8 Å². The van der Waals surface area contributed by atoms with Gasteiger partial charge in [-0.25, -0.2) is 9.97 Å². The van der Waals surface area contributed by atoms with Gasteiger partial charge in [-0.2, -0.15) is 0 Å². The van der Waals surface area contributed by atoms with Gasteiger partial charge in [-0.1, -0.05) is 6.92 Å². The number of rotatable bonds is 2. The van der Waals surface area contributed by atoms with Gasteiger partial charge in [0, 0.05) is 16.6 Å². The summed E-state index contributed by atoms with van der Waals surface area (Å²) in [4.78, 5) is 11.5. The lowest BCUT2D eigenvalue weighted by molar-refractivity contribution is 0.174. The summed E-state index contributed by atoms with van der Waals surface area (Å²) in [5.41, 5.74) is 2.38. The van der Waals surface area contributed by atoms with E-state index in [1.165, 1.54) is 22.2 Å². The van der Waals surface area contributed by atoms with E-state index in [4.69, 9.17) is 9.47 Å². The maximum Gasteiger partial charge on any atom is 0.231 e. The molecule has 1 atom stereocenters. The highest BCUT2D eigenvalue weighted by atomic mass is 32.1. The summed E-state index contributed by atoms with van der Waals surface area (Å²) in [6.45, 7) is 2.61. The monoisotopic (exact) mass is 339 g/mol. The summed E-state index contributed by atoms with van der Waals surface area (Å²) in [5.74, 6) is 3.19. The zero-order chi connectivity index (χ0) is 16.1. The van der Waals surface area contributed by atoms with E-state index in [0.717, 1.165) is 46.6 Å². The molecular weight excluding hydrogens is 322 g/mol. The van der Waals surface area contributed by atoms with Crippen LogP contribution in [0.1, 0.15) is 23.8 Å². The molecule has 0 unspecified atom stereocenters. The number of thiophene rings is 1. The van der Waals surface area contributed by atoms with Crippen LogP contribution in [0.15, 0.2) is 24.5 Å². The number of fused-ring (bicyclic) bond motifs is 4. The first kappa shape index (κ1) is 14.0. The molecule has 2 aromatic heterocycles. The molecule has 1 aliphatic heterocycles. The van der Waals surface area contributed by atoms with Crippen molar-refractivity contribution in [2.45, 2.75) is 26.2 Å². The summed E-state index contributed by atoms with van der Waals surface area (Å²) in [5, 5.41) is 4.63. The molecule has 5 rings (SSSR count). The number of nitrogens with zero attached hydrogens (tertiary/aromatic N) is 2. The third kappa shape index (κ3) is 2.21. The van der Waals surface area contributed by atoms with Crippen molar-refractivity contribution in [2.75, 3.05) is 12.1 Å². The first-order chi connectivity index (χ1) is 11.8. The summed E-state index contributed by atoms with van der Waals surface area (Å²) < 4.78 is 10.8. The van der Waals surface area contributed by atoms with Crippen molar-refractivity contribution in [2.24, 2.45) is 5.92 Å². The molecule has 1 aliphatic carbocycles. The molecule has 0 fully saturated rings. The van der Waals surface area contributed by atoms with Gasteiger partial charge in [-0.15, -0.1) is 11.3 Å². The Bertz CT molecular complexity index is 937. The summed E-state index contributed by atoms with van der Waals surface area (Å²) in [6, 6.07) is 5.87. The molecule has 0 saturated carbocycles. The highest BCUT2D eigenvalue weighted by molar-refractivity contribution is 7.19. The van der Waals surface area contributed by atoms with E-state index >= 15 is 0 Å². The minimum absolute atomic E-state index is 0.284. The number of nitrogens with one attached hydrogen (secondary N) is 1. The largest absolute Gasteiger partial charge is 0.454 e. The van der Waals surface area contributed by atoms with Crippen LogP contribution in [0.25, 0.3) is 10.2 Å². The molecule has 0 bridgehead atoms. The predicted molar refractivity (Wildman–Crippen MR) is 94.5 cm³/mol. The molecule has 0 saturated heterocycles. The molecule has 3 aromatic rings. The number of benzene rings is 1. The summed E-state index contributed by atoms with van der Waals surface area (Å²) in [6.07, 6.45) is 5.14. The lowest BCUT2D eigenvalue weighted by Gasteiger charge is -2.18. The zero-order valence-electron chi connectivity index (χ0n) is 13.3. The van der Waals surface area contributed by atoms with Crippen molar-refractivity contribution in [1.82, 2.24) is 9.97 Å². The van der Waals surface area contributed by atoms with E-state index in [-0.39, 0.29) is 6.79 Å². The molecule has 3 heterocycles. The minimum atomic E-state index is 0.284. The lowest BCUT2D eigenvalue weighted by Crippen LogP contribution is -2.09. The van der Waals surface area contributed by atoms with Crippen LogP contribution in [0.4, 0.5) is 11.5 Å². The Hall–Kier alpha value is -2.34. The Labute approximate surface area is 143 Å². The van der Waals surface area contributed by atoms with Gasteiger partial charge in [0.05, 0.1) is 5.39 Å². The van der Waals surface area contributed by atoms with Crippen molar-refractivity contribution < 1.29 is 9.47 Å². The number of aromatic nitrogens is 2. The highest BCUT2D eigenvalue weighted by Gasteiger charge is 2.23. The van der Waals surface area contributed by atoms with Gasteiger partial charge in [0.1, 0.15) is 17.0 Å². The van der Waals surface area contributed by atoms with Gasteiger partial charge in [0.25, 0.3) is 0 Å². The van der Waals surface area contributed by atoms with Crippen LogP contribution in [0, 0.1) is 5.92 Å². The molecular formula is C18H17N3O2S. The summed E-state index contributed by atoms with van der Waals surface area (Å²) in [7, 11) is 0. The maximum atomic E-state index is 5.46. The third-order valence-corrected chi connectivity index (χ3v) is 5.89. The van der Waals surface area contributed by atoms with Gasteiger partial charge in [-0.05, 0) is 42.9 Å². The molecule has 5 nitrogen and oxygen atoms in total. The number of ether oxygens (including phenoxy) is 2. The van der Waals surface area contributed by atoms with Gasteiger partial charge >= 0.3 is 0 Å². The smallest absolute Gasteiger partial charge is 0.231 e. The molecule has 6 heteroatoms. The average Bonchev–Trinajstić information content (AvgIpc) is 3.18. The van der Waals surface area contributed by atoms with Gasteiger partial charge < -0.3 is 14.8 Å². The second-order valence-corrected chi connectivity index (χ2v) is 7.53. The minimum Gasteiger partial charge on any atom is -0.454 e. The van der Waals surface area contributed by atoms with E-state index in [9.17, 15) is 0 Å². The fourth-order valence-electron chi connectivity index (χ4n) is 3.48. The Balaban J connectivity index is 1.57. The number of anilines is 2. The van der Waals surface area contributed by atoms with Crippen LogP contribution >= 0.6 is 11.3 Å². The van der Waals surface area contributed by atoms with E-state index < -0.39 is 0 Å². The van der Waals surface area contributed by atoms with Crippen molar-refractivity contribution in [3.05, 3.63) is 35.0 Å². The highest BCUT2D eigenvalue weighted by Crippen LogP contribution is 2.41. The normalized spacial score (nSPS) is 18.6. The first-order valence-electron chi connectivity index (χ1n) is 8.20. The number of aryl methyl sites for hydroxylation is 1. The molecule has 2 aliphatic rings. The predicted octanol–water partition coefficient (Wildman–Crippen LogP) is 4.29. The molecule has 1 N–H and O–H groups in total. The Morgan fingerprint density at radius 3 is 3.08 bits per heavy atom. The Morgan fingerprint density at radius 1 is 1.21 bits per heavy atom. The van der Waals surface area contributed by atoms with Crippen LogP contribution in [0.5, 0.6) is 11.5 Å². The molecule has 122 valence electrons. The Kier molecular flexibility index (Phi) is 3.13. The molecule has 24 heavy (non-hydrogen) atoms. The standard InChI is InChI=1S/C18H17N3O2S/c1-10-2-4-12-15(6-10)24-18-16(12)17(19-8-20-18)21-11-3-5-13-14(7-11)23-9-22-13/h3,5,7-8,10H,2,4,6,9H2,1H3,(H,19,20,21)/t10-/m0/s1. The molecule has 0 spiro atoms. The zero-order valence-corrected chi connectivity index (χ0v) is 14.2. The van der Waals surface area contributed by atoms with Crippen molar-refractivity contribution >= 4 is 33.1 Å². The fraction of sp³-hybridized carbons (Fsp3) is 0.333. The number of hydrogen-bond acceptors (Lipinski definition) is 6. The first-order valence-corrected chi connectivity index (χ1v) is 9.01. The second-order valence-electron chi connectivity index (χ2n) is 6.45.